The number of rotatable bonds is 0. The van der Waals surface area contributed by atoms with Gasteiger partial charge < -0.3 is 0 Å². The van der Waals surface area contributed by atoms with Gasteiger partial charge in [-0.25, -0.2) is 0 Å². The van der Waals surface area contributed by atoms with Crippen molar-refractivity contribution < 1.29 is 0 Å². The first-order valence-electron chi connectivity index (χ1n) is 3.33. The van der Waals surface area contributed by atoms with E-state index in [2.05, 4.69) is 14.6 Å². The van der Waals surface area contributed by atoms with Crippen LogP contribution in [-0.2, 0) is 0 Å². The zero-order valence-corrected chi connectivity index (χ0v) is 7.14. The van der Waals surface area contributed by atoms with Gasteiger partial charge in [-0.15, -0.1) is 5.10 Å². The molecule has 0 aliphatic rings. The van der Waals surface area contributed by atoms with Gasteiger partial charge in [0.15, 0.2) is 0 Å². The van der Waals surface area contributed by atoms with Gasteiger partial charge in [-0.1, -0.05) is 0 Å². The minimum absolute atomic E-state index is 0.931. The van der Waals surface area contributed by atoms with Gasteiger partial charge in [0, 0.05) is 0 Å². The quantitative estimate of drug-likeness (QED) is 0.596. The summed E-state index contributed by atoms with van der Waals surface area (Å²) in [7, 11) is 0. The second kappa shape index (κ2) is 2.23. The Balaban J connectivity index is 2.86. The van der Waals surface area contributed by atoms with Crippen molar-refractivity contribution in [2.45, 2.75) is 13.8 Å². The predicted octanol–water partition coefficient (Wildman–Crippen LogP) is 1.70. The van der Waals surface area contributed by atoms with E-state index in [4.69, 9.17) is 0 Å². The Morgan fingerprint density at radius 3 is 2.91 bits per heavy atom. The Bertz CT molecular complexity index is 393. The molecule has 56 valence electrons. The molecule has 0 bridgehead atoms. The zero-order chi connectivity index (χ0) is 7.84. The van der Waals surface area contributed by atoms with Crippen molar-refractivity contribution in [1.82, 2.24) is 14.6 Å². The molecule has 0 N–H and O–H groups in total. The van der Waals surface area contributed by atoms with E-state index in [9.17, 15) is 0 Å². The van der Waals surface area contributed by atoms with E-state index in [0.717, 1.165) is 21.6 Å². The lowest BCUT2D eigenvalue weighted by Gasteiger charge is -1.88. The van der Waals surface area contributed by atoms with Gasteiger partial charge in [0.1, 0.15) is 5.52 Å². The number of hydrogen-bond acceptors (Lipinski definition) is 4. The minimum atomic E-state index is 0.931. The van der Waals surface area contributed by atoms with Gasteiger partial charge in [-0.3, -0.25) is 0 Å². The molecule has 3 nitrogen and oxygen atoms in total. The number of nitrogens with zero attached hydrogens (tertiary/aromatic N) is 3. The molecule has 2 heterocycles. The van der Waals surface area contributed by atoms with Crippen LogP contribution in [-0.4, -0.2) is 14.6 Å². The van der Waals surface area contributed by atoms with Gasteiger partial charge in [0.05, 0.1) is 16.1 Å². The fourth-order valence-corrected chi connectivity index (χ4v) is 1.77. The van der Waals surface area contributed by atoms with Crippen molar-refractivity contribution in [2.24, 2.45) is 0 Å². The molecule has 0 fully saturated rings. The predicted molar refractivity (Wildman–Crippen MR) is 44.7 cm³/mol. The van der Waals surface area contributed by atoms with E-state index in [1.807, 2.05) is 19.9 Å². The number of hydrogen-bond donors (Lipinski definition) is 0. The van der Waals surface area contributed by atoms with Crippen LogP contribution in [0.4, 0.5) is 0 Å². The Morgan fingerprint density at radius 2 is 2.09 bits per heavy atom. The topological polar surface area (TPSA) is 38.7 Å². The molecule has 0 amide bonds. The van der Waals surface area contributed by atoms with Crippen molar-refractivity contribution in [2.75, 3.05) is 0 Å². The van der Waals surface area contributed by atoms with Crippen molar-refractivity contribution >= 4 is 21.7 Å². The van der Waals surface area contributed by atoms with Crippen molar-refractivity contribution in [1.29, 1.82) is 0 Å². The second-order valence-corrected chi connectivity index (χ2v) is 3.27. The summed E-state index contributed by atoms with van der Waals surface area (Å²) >= 11 is 1.48. The molecule has 0 aromatic carbocycles. The highest BCUT2D eigenvalue weighted by Gasteiger charge is 2.02. The Kier molecular flexibility index (Phi) is 1.35. The maximum absolute atomic E-state index is 4.18. The average molecular weight is 165 g/mol. The summed E-state index contributed by atoms with van der Waals surface area (Å²) in [5.74, 6) is 0. The fraction of sp³-hybridized carbons (Fsp3) is 0.286. The average Bonchev–Trinajstić information content (AvgIpc) is 2.32. The van der Waals surface area contributed by atoms with E-state index < -0.39 is 0 Å². The SMILES string of the molecule is Cc1cc2snc(C)c2nn1. The van der Waals surface area contributed by atoms with Gasteiger partial charge in [0.25, 0.3) is 0 Å². The molecular weight excluding hydrogens is 158 g/mol. The monoisotopic (exact) mass is 165 g/mol. The lowest BCUT2D eigenvalue weighted by atomic mass is 10.3. The zero-order valence-electron chi connectivity index (χ0n) is 6.33. The van der Waals surface area contributed by atoms with E-state index in [-0.39, 0.29) is 0 Å². The summed E-state index contributed by atoms with van der Waals surface area (Å²) in [5, 5.41) is 8.00. The lowest BCUT2D eigenvalue weighted by Crippen LogP contribution is -1.85. The first-order chi connectivity index (χ1) is 5.27. The summed E-state index contributed by atoms with van der Waals surface area (Å²) in [5.41, 5.74) is 2.85. The Labute approximate surface area is 68.3 Å². The molecule has 2 aromatic rings. The van der Waals surface area contributed by atoms with Crippen LogP contribution < -0.4 is 0 Å². The molecule has 0 radical (unpaired) electrons. The first-order valence-corrected chi connectivity index (χ1v) is 4.11. The van der Waals surface area contributed by atoms with Crippen molar-refractivity contribution in [3.8, 4) is 0 Å². The summed E-state index contributed by atoms with van der Waals surface area (Å²) in [6.07, 6.45) is 0. The highest BCUT2D eigenvalue weighted by atomic mass is 32.1. The van der Waals surface area contributed by atoms with Crippen LogP contribution in [0, 0.1) is 13.8 Å². The normalized spacial score (nSPS) is 10.7. The third-order valence-corrected chi connectivity index (χ3v) is 2.38. The van der Waals surface area contributed by atoms with E-state index in [1.165, 1.54) is 11.5 Å². The van der Waals surface area contributed by atoms with Gasteiger partial charge in [0.2, 0.25) is 0 Å². The van der Waals surface area contributed by atoms with Gasteiger partial charge >= 0.3 is 0 Å². The van der Waals surface area contributed by atoms with Crippen molar-refractivity contribution in [3.05, 3.63) is 17.5 Å². The summed E-state index contributed by atoms with van der Waals surface area (Å²) < 4.78 is 5.30. The van der Waals surface area contributed by atoms with Crippen LogP contribution in [0.25, 0.3) is 10.2 Å². The van der Waals surface area contributed by atoms with Gasteiger partial charge in [-0.05, 0) is 31.4 Å². The number of fused-ring (bicyclic) bond motifs is 1. The van der Waals surface area contributed by atoms with E-state index in [1.54, 1.807) is 0 Å². The summed E-state index contributed by atoms with van der Waals surface area (Å²) in [4.78, 5) is 0. The smallest absolute Gasteiger partial charge is 0.127 e. The van der Waals surface area contributed by atoms with Crippen LogP contribution in [0.5, 0.6) is 0 Å². The van der Waals surface area contributed by atoms with Crippen LogP contribution >= 0.6 is 11.5 Å². The second-order valence-electron chi connectivity index (χ2n) is 2.47. The molecule has 0 spiro atoms. The molecule has 0 aliphatic carbocycles. The standard InChI is InChI=1S/C7H7N3S/c1-4-3-6-7(9-8-4)5(2)10-11-6/h3H,1-2H3. The molecule has 2 aromatic heterocycles. The number of aryl methyl sites for hydroxylation is 2. The van der Waals surface area contributed by atoms with E-state index in [0.29, 0.717) is 0 Å². The van der Waals surface area contributed by atoms with Crippen LogP contribution in [0.15, 0.2) is 6.07 Å². The lowest BCUT2D eigenvalue weighted by molar-refractivity contribution is 1.01. The molecule has 2 rings (SSSR count). The third-order valence-electron chi connectivity index (χ3n) is 1.50. The molecular formula is C7H7N3S. The highest BCUT2D eigenvalue weighted by molar-refractivity contribution is 7.13. The fourth-order valence-electron chi connectivity index (χ4n) is 0.946. The van der Waals surface area contributed by atoms with Gasteiger partial charge in [-0.2, -0.15) is 9.47 Å². The highest BCUT2D eigenvalue weighted by Crippen LogP contribution is 2.18. The maximum Gasteiger partial charge on any atom is 0.127 e. The summed E-state index contributed by atoms with van der Waals surface area (Å²) in [6.45, 7) is 3.88. The Morgan fingerprint density at radius 1 is 1.27 bits per heavy atom. The Hall–Kier alpha value is -1.03. The van der Waals surface area contributed by atoms with Crippen LogP contribution in [0.1, 0.15) is 11.4 Å². The first kappa shape index (κ1) is 6.67. The van der Waals surface area contributed by atoms with Crippen molar-refractivity contribution in [3.63, 3.8) is 0 Å². The minimum Gasteiger partial charge on any atom is -0.195 e. The van der Waals surface area contributed by atoms with Crippen LogP contribution in [0.3, 0.4) is 0 Å². The molecule has 4 heteroatoms. The molecule has 0 aliphatic heterocycles. The molecule has 0 saturated carbocycles. The molecule has 0 atom stereocenters. The van der Waals surface area contributed by atoms with Crippen LogP contribution in [0.2, 0.25) is 0 Å². The molecule has 11 heavy (non-hydrogen) atoms. The molecule has 0 unspecified atom stereocenters. The van der Waals surface area contributed by atoms with E-state index >= 15 is 0 Å². The molecule has 0 saturated heterocycles. The summed E-state index contributed by atoms with van der Waals surface area (Å²) in [6, 6.07) is 2.01. The maximum atomic E-state index is 4.18. The number of aromatic nitrogens is 3. The largest absolute Gasteiger partial charge is 0.195 e. The third kappa shape index (κ3) is 0.991.